The van der Waals surface area contributed by atoms with Gasteiger partial charge in [0.1, 0.15) is 0 Å². The van der Waals surface area contributed by atoms with Crippen molar-refractivity contribution < 1.29 is 0 Å². The fraction of sp³-hybridized carbons (Fsp3) is 0.182. The molecule has 0 saturated heterocycles. The van der Waals surface area contributed by atoms with Gasteiger partial charge < -0.3 is 10.3 Å². The van der Waals surface area contributed by atoms with Crippen LogP contribution in [0.5, 0.6) is 0 Å². The highest BCUT2D eigenvalue weighted by molar-refractivity contribution is 6.30. The van der Waals surface area contributed by atoms with Crippen molar-refractivity contribution in [3.05, 3.63) is 41.3 Å². The second-order valence-corrected chi connectivity index (χ2v) is 3.80. The summed E-state index contributed by atoms with van der Waals surface area (Å²) in [5.74, 6) is 0. The lowest BCUT2D eigenvalue weighted by Gasteiger charge is -2.03. The van der Waals surface area contributed by atoms with Crippen LogP contribution in [0.25, 0.3) is 11.3 Å². The molecule has 0 aliphatic rings. The van der Waals surface area contributed by atoms with Gasteiger partial charge in [-0.15, -0.1) is 0 Å². The van der Waals surface area contributed by atoms with E-state index in [1.54, 1.807) is 6.33 Å². The molecule has 0 bridgehead atoms. The Labute approximate surface area is 93.5 Å². The highest BCUT2D eigenvalue weighted by Crippen LogP contribution is 2.22. The van der Waals surface area contributed by atoms with E-state index in [2.05, 4.69) is 4.98 Å². The van der Waals surface area contributed by atoms with Crippen LogP contribution >= 0.6 is 11.6 Å². The van der Waals surface area contributed by atoms with Crippen molar-refractivity contribution in [1.82, 2.24) is 9.55 Å². The van der Waals surface area contributed by atoms with Gasteiger partial charge in [0.2, 0.25) is 0 Å². The van der Waals surface area contributed by atoms with Crippen LogP contribution in [0.4, 0.5) is 0 Å². The average Bonchev–Trinajstić information content (AvgIpc) is 2.61. The molecule has 15 heavy (non-hydrogen) atoms. The number of rotatable bonds is 2. The summed E-state index contributed by atoms with van der Waals surface area (Å²) in [5, 5.41) is 0.726. The largest absolute Gasteiger partial charge is 0.336 e. The van der Waals surface area contributed by atoms with Crippen LogP contribution < -0.4 is 5.73 Å². The smallest absolute Gasteiger partial charge is 0.0953 e. The number of aryl methyl sites for hydroxylation is 1. The molecule has 1 heterocycles. The monoisotopic (exact) mass is 221 g/mol. The van der Waals surface area contributed by atoms with E-state index in [-0.39, 0.29) is 0 Å². The first-order valence-electron chi connectivity index (χ1n) is 4.68. The van der Waals surface area contributed by atoms with Crippen LogP contribution in [0.1, 0.15) is 5.69 Å². The number of nitrogens with zero attached hydrogens (tertiary/aromatic N) is 2. The molecule has 3 nitrogen and oxygen atoms in total. The quantitative estimate of drug-likeness (QED) is 0.845. The van der Waals surface area contributed by atoms with Crippen molar-refractivity contribution in [3.8, 4) is 11.3 Å². The lowest BCUT2D eigenvalue weighted by Crippen LogP contribution is -2.04. The predicted molar refractivity (Wildman–Crippen MR) is 61.5 cm³/mol. The molecule has 0 aliphatic heterocycles. The summed E-state index contributed by atoms with van der Waals surface area (Å²) < 4.78 is 1.93. The molecule has 1 aromatic heterocycles. The summed E-state index contributed by atoms with van der Waals surface area (Å²) in [6.07, 6.45) is 1.77. The van der Waals surface area contributed by atoms with E-state index in [1.165, 1.54) is 0 Å². The molecule has 2 aromatic rings. The minimum Gasteiger partial charge on any atom is -0.336 e. The van der Waals surface area contributed by atoms with E-state index in [0.29, 0.717) is 6.54 Å². The molecule has 0 fully saturated rings. The number of aromatic nitrogens is 2. The van der Waals surface area contributed by atoms with Crippen LogP contribution in [-0.4, -0.2) is 9.55 Å². The second-order valence-electron chi connectivity index (χ2n) is 3.36. The lowest BCUT2D eigenvalue weighted by atomic mass is 10.1. The van der Waals surface area contributed by atoms with Crippen molar-refractivity contribution in [1.29, 1.82) is 0 Å². The number of hydrogen-bond donors (Lipinski definition) is 1. The van der Waals surface area contributed by atoms with E-state index >= 15 is 0 Å². The van der Waals surface area contributed by atoms with Gasteiger partial charge in [0, 0.05) is 24.2 Å². The molecule has 0 aliphatic carbocycles. The van der Waals surface area contributed by atoms with Gasteiger partial charge in [0.25, 0.3) is 0 Å². The normalized spacial score (nSPS) is 10.6. The summed E-state index contributed by atoms with van der Waals surface area (Å²) in [5.41, 5.74) is 8.67. The topological polar surface area (TPSA) is 43.8 Å². The molecule has 0 atom stereocenters. The maximum absolute atomic E-state index is 5.83. The maximum atomic E-state index is 5.83. The number of imidazole rings is 1. The molecule has 4 heteroatoms. The van der Waals surface area contributed by atoms with Crippen LogP contribution in [-0.2, 0) is 13.6 Å². The van der Waals surface area contributed by atoms with Gasteiger partial charge in [0.15, 0.2) is 0 Å². The Kier molecular flexibility index (Phi) is 2.75. The van der Waals surface area contributed by atoms with Gasteiger partial charge in [0.05, 0.1) is 17.7 Å². The predicted octanol–water partition coefficient (Wildman–Crippen LogP) is 2.20. The Morgan fingerprint density at radius 1 is 1.33 bits per heavy atom. The summed E-state index contributed by atoms with van der Waals surface area (Å²) >= 11 is 5.83. The average molecular weight is 222 g/mol. The fourth-order valence-corrected chi connectivity index (χ4v) is 1.67. The number of nitrogens with two attached hydrogens (primary N) is 1. The summed E-state index contributed by atoms with van der Waals surface area (Å²) in [4.78, 5) is 4.33. The van der Waals surface area contributed by atoms with E-state index < -0.39 is 0 Å². The first kappa shape index (κ1) is 10.2. The van der Waals surface area contributed by atoms with E-state index in [0.717, 1.165) is 22.0 Å². The maximum Gasteiger partial charge on any atom is 0.0953 e. The zero-order valence-electron chi connectivity index (χ0n) is 8.44. The molecule has 78 valence electrons. The first-order valence-corrected chi connectivity index (χ1v) is 5.06. The van der Waals surface area contributed by atoms with Crippen molar-refractivity contribution >= 4 is 11.6 Å². The van der Waals surface area contributed by atoms with Crippen molar-refractivity contribution in [3.63, 3.8) is 0 Å². The summed E-state index contributed by atoms with van der Waals surface area (Å²) in [7, 11) is 1.94. The van der Waals surface area contributed by atoms with E-state index in [9.17, 15) is 0 Å². The molecule has 0 unspecified atom stereocenters. The van der Waals surface area contributed by atoms with Crippen LogP contribution in [0.15, 0.2) is 30.6 Å². The first-order chi connectivity index (χ1) is 7.22. The molecular weight excluding hydrogens is 210 g/mol. The second kappa shape index (κ2) is 4.04. The molecule has 0 amide bonds. The molecule has 1 aromatic carbocycles. The van der Waals surface area contributed by atoms with E-state index in [4.69, 9.17) is 17.3 Å². The number of benzene rings is 1. The molecule has 0 spiro atoms. The third-order valence-corrected chi connectivity index (χ3v) is 2.62. The van der Waals surface area contributed by atoms with E-state index in [1.807, 2.05) is 35.9 Å². The van der Waals surface area contributed by atoms with Crippen LogP contribution in [0, 0.1) is 0 Å². The van der Waals surface area contributed by atoms with Gasteiger partial charge in [-0.25, -0.2) is 4.98 Å². The zero-order valence-corrected chi connectivity index (χ0v) is 9.20. The Balaban J connectivity index is 2.49. The third kappa shape index (κ3) is 1.89. The molecular formula is C11H12ClN3. The van der Waals surface area contributed by atoms with Gasteiger partial charge in [-0.2, -0.15) is 0 Å². The number of halogens is 1. The lowest BCUT2D eigenvalue weighted by molar-refractivity contribution is 0.822. The fourth-order valence-electron chi connectivity index (χ4n) is 1.55. The minimum atomic E-state index is 0.481. The van der Waals surface area contributed by atoms with Gasteiger partial charge >= 0.3 is 0 Å². The van der Waals surface area contributed by atoms with Crippen molar-refractivity contribution in [2.75, 3.05) is 0 Å². The Morgan fingerprint density at radius 3 is 2.60 bits per heavy atom. The van der Waals surface area contributed by atoms with Gasteiger partial charge in [-0.05, 0) is 12.1 Å². The molecule has 2 N–H and O–H groups in total. The Morgan fingerprint density at radius 2 is 2.00 bits per heavy atom. The third-order valence-electron chi connectivity index (χ3n) is 2.37. The van der Waals surface area contributed by atoms with Gasteiger partial charge in [-0.3, -0.25) is 0 Å². The van der Waals surface area contributed by atoms with Crippen LogP contribution in [0.2, 0.25) is 5.02 Å². The van der Waals surface area contributed by atoms with Gasteiger partial charge in [-0.1, -0.05) is 23.7 Å². The minimum absolute atomic E-state index is 0.481. The molecule has 0 saturated carbocycles. The number of hydrogen-bond acceptors (Lipinski definition) is 2. The van der Waals surface area contributed by atoms with Crippen molar-refractivity contribution in [2.45, 2.75) is 6.54 Å². The Hall–Kier alpha value is -1.32. The van der Waals surface area contributed by atoms with Crippen molar-refractivity contribution in [2.24, 2.45) is 12.8 Å². The highest BCUT2D eigenvalue weighted by atomic mass is 35.5. The molecule has 0 radical (unpaired) electrons. The Bertz CT molecular complexity index is 459. The SMILES string of the molecule is Cn1cnc(-c2ccc(Cl)cc2)c1CN. The summed E-state index contributed by atoms with van der Waals surface area (Å²) in [6.45, 7) is 0.481. The molecule has 2 rings (SSSR count). The van der Waals surface area contributed by atoms with Crippen LogP contribution in [0.3, 0.4) is 0 Å². The standard InChI is InChI=1S/C11H12ClN3/c1-15-7-14-11(10(15)6-13)8-2-4-9(12)5-3-8/h2-5,7H,6,13H2,1H3. The zero-order chi connectivity index (χ0) is 10.8. The highest BCUT2D eigenvalue weighted by Gasteiger charge is 2.08. The summed E-state index contributed by atoms with van der Waals surface area (Å²) in [6, 6.07) is 7.60.